The third kappa shape index (κ3) is 2.60. The lowest BCUT2D eigenvalue weighted by Gasteiger charge is -2.34. The second-order valence-electron chi connectivity index (χ2n) is 7.17. The number of benzene rings is 2. The molecule has 0 fully saturated rings. The van der Waals surface area contributed by atoms with Gasteiger partial charge in [-0.3, -0.25) is 9.58 Å². The minimum absolute atomic E-state index is 0.0271. The monoisotopic (exact) mass is 375 g/mol. The minimum Gasteiger partial charge on any atom is -0.448 e. The van der Waals surface area contributed by atoms with Gasteiger partial charge < -0.3 is 9.84 Å². The molecule has 28 heavy (non-hydrogen) atoms. The lowest BCUT2D eigenvalue weighted by atomic mass is 9.98. The van der Waals surface area contributed by atoms with Gasteiger partial charge in [0.25, 0.3) is 0 Å². The van der Waals surface area contributed by atoms with Gasteiger partial charge in [-0.1, -0.05) is 48.5 Å². The fourth-order valence-electron chi connectivity index (χ4n) is 4.42. The summed E-state index contributed by atoms with van der Waals surface area (Å²) in [6, 6.07) is 18.0. The molecule has 0 radical (unpaired) electrons. The summed E-state index contributed by atoms with van der Waals surface area (Å²) in [6.45, 7) is 1.19. The Balaban J connectivity index is 1.36. The molecule has 1 aliphatic heterocycles. The van der Waals surface area contributed by atoms with Gasteiger partial charge in [-0.2, -0.15) is 5.10 Å². The van der Waals surface area contributed by atoms with Gasteiger partial charge in [0.15, 0.2) is 0 Å². The highest BCUT2D eigenvalue weighted by atomic mass is 16.6. The van der Waals surface area contributed by atoms with Gasteiger partial charge in [0.1, 0.15) is 12.6 Å². The fourth-order valence-corrected chi connectivity index (χ4v) is 4.42. The van der Waals surface area contributed by atoms with Crippen molar-refractivity contribution in [2.75, 3.05) is 19.8 Å². The number of hydrogen-bond acceptors (Lipinski definition) is 4. The summed E-state index contributed by atoms with van der Waals surface area (Å²) in [6.07, 6.45) is 1.30. The molecule has 1 atom stereocenters. The summed E-state index contributed by atoms with van der Waals surface area (Å²) < 4.78 is 7.58. The molecule has 2 aromatic carbocycles. The Hall–Kier alpha value is -3.12. The number of nitrogens with zero attached hydrogens (tertiary/aromatic N) is 3. The van der Waals surface area contributed by atoms with Crippen molar-refractivity contribution >= 4 is 6.09 Å². The molecule has 3 aromatic rings. The first kappa shape index (κ1) is 17.0. The van der Waals surface area contributed by atoms with Crippen LogP contribution >= 0.6 is 0 Å². The summed E-state index contributed by atoms with van der Waals surface area (Å²) in [5.74, 6) is 0.0271. The van der Waals surface area contributed by atoms with E-state index in [1.165, 1.54) is 22.3 Å². The van der Waals surface area contributed by atoms with Crippen LogP contribution in [-0.2, 0) is 11.3 Å². The van der Waals surface area contributed by atoms with Gasteiger partial charge >= 0.3 is 6.09 Å². The van der Waals surface area contributed by atoms with Crippen LogP contribution in [0, 0.1) is 0 Å². The maximum absolute atomic E-state index is 12.8. The number of aromatic nitrogens is 2. The third-order valence-electron chi connectivity index (χ3n) is 5.76. The van der Waals surface area contributed by atoms with Crippen molar-refractivity contribution in [2.24, 2.45) is 0 Å². The summed E-state index contributed by atoms with van der Waals surface area (Å²) in [5.41, 5.74) is 5.62. The van der Waals surface area contributed by atoms with Crippen LogP contribution in [0.5, 0.6) is 0 Å². The molecule has 5 rings (SSSR count). The quantitative estimate of drug-likeness (QED) is 0.764. The number of rotatable bonds is 3. The van der Waals surface area contributed by atoms with Crippen molar-refractivity contribution < 1.29 is 14.6 Å². The van der Waals surface area contributed by atoms with Gasteiger partial charge in [0.05, 0.1) is 18.8 Å². The van der Waals surface area contributed by atoms with Crippen LogP contribution in [0.25, 0.3) is 11.1 Å². The number of amides is 1. The van der Waals surface area contributed by atoms with Crippen LogP contribution in [0.2, 0.25) is 0 Å². The first-order valence-corrected chi connectivity index (χ1v) is 9.52. The van der Waals surface area contributed by atoms with E-state index < -0.39 is 12.1 Å². The Morgan fingerprint density at radius 1 is 1.04 bits per heavy atom. The van der Waals surface area contributed by atoms with E-state index in [1.807, 2.05) is 35.0 Å². The molecule has 6 nitrogen and oxygen atoms in total. The van der Waals surface area contributed by atoms with E-state index >= 15 is 0 Å². The van der Waals surface area contributed by atoms with E-state index in [9.17, 15) is 9.90 Å². The normalized spacial score (nSPS) is 17.8. The number of ether oxygens (including phenoxy) is 1. The van der Waals surface area contributed by atoms with Crippen molar-refractivity contribution in [3.63, 3.8) is 0 Å². The average molecular weight is 375 g/mol. The SMILES string of the molecule is O=C(OCC1c2ccccc2-c2ccccc21)N1CCn2nccc2C1CO. The molecular weight excluding hydrogens is 354 g/mol. The highest BCUT2D eigenvalue weighted by Crippen LogP contribution is 2.44. The van der Waals surface area contributed by atoms with Crippen LogP contribution in [0.15, 0.2) is 60.8 Å². The Morgan fingerprint density at radius 3 is 2.39 bits per heavy atom. The van der Waals surface area contributed by atoms with E-state index in [2.05, 4.69) is 29.4 Å². The molecule has 2 aliphatic rings. The summed E-state index contributed by atoms with van der Waals surface area (Å²) in [4.78, 5) is 14.4. The molecule has 1 aliphatic carbocycles. The molecule has 1 amide bonds. The van der Waals surface area contributed by atoms with E-state index in [-0.39, 0.29) is 19.1 Å². The molecule has 142 valence electrons. The first-order chi connectivity index (χ1) is 13.8. The van der Waals surface area contributed by atoms with Gasteiger partial charge in [-0.25, -0.2) is 4.79 Å². The minimum atomic E-state index is -0.424. The lowest BCUT2D eigenvalue weighted by molar-refractivity contribution is 0.0531. The molecular formula is C22H21N3O3. The maximum Gasteiger partial charge on any atom is 0.410 e. The zero-order valence-electron chi connectivity index (χ0n) is 15.4. The van der Waals surface area contributed by atoms with Crippen LogP contribution in [0.1, 0.15) is 28.8 Å². The molecule has 2 heterocycles. The number of carbonyl (C=O) groups is 1. The van der Waals surface area contributed by atoms with Crippen molar-refractivity contribution in [3.05, 3.63) is 77.6 Å². The smallest absolute Gasteiger partial charge is 0.410 e. The molecule has 0 spiro atoms. The summed E-state index contributed by atoms with van der Waals surface area (Å²) >= 11 is 0. The van der Waals surface area contributed by atoms with Crippen LogP contribution in [0.3, 0.4) is 0 Å². The van der Waals surface area contributed by atoms with E-state index in [1.54, 1.807) is 11.1 Å². The zero-order chi connectivity index (χ0) is 19.1. The Labute approximate surface area is 163 Å². The molecule has 0 bridgehead atoms. The second kappa shape index (κ2) is 6.80. The average Bonchev–Trinajstić information content (AvgIpc) is 3.34. The second-order valence-corrected chi connectivity index (χ2v) is 7.17. The predicted octanol–water partition coefficient (Wildman–Crippen LogP) is 3.18. The third-order valence-corrected chi connectivity index (χ3v) is 5.76. The highest BCUT2D eigenvalue weighted by Gasteiger charge is 2.34. The summed E-state index contributed by atoms with van der Waals surface area (Å²) in [7, 11) is 0. The Bertz CT molecular complexity index is 984. The van der Waals surface area contributed by atoms with E-state index in [0.717, 1.165) is 5.69 Å². The lowest BCUT2D eigenvalue weighted by Crippen LogP contribution is -2.44. The van der Waals surface area contributed by atoms with E-state index in [4.69, 9.17) is 4.74 Å². The molecule has 1 aromatic heterocycles. The standard InChI is InChI=1S/C22H21N3O3/c26-13-21-20-9-10-23-25(20)12-11-24(21)22(27)28-14-19-17-7-3-1-5-15(17)16-6-2-4-8-18(16)19/h1-10,19,21,26H,11-14H2. The van der Waals surface area contributed by atoms with Crippen LogP contribution in [0.4, 0.5) is 4.79 Å². The van der Waals surface area contributed by atoms with Crippen LogP contribution < -0.4 is 0 Å². The number of aliphatic hydroxyl groups excluding tert-OH is 1. The predicted molar refractivity (Wildman–Crippen MR) is 104 cm³/mol. The first-order valence-electron chi connectivity index (χ1n) is 9.52. The number of hydrogen-bond donors (Lipinski definition) is 1. The van der Waals surface area contributed by atoms with Gasteiger partial charge in [-0.05, 0) is 28.3 Å². The fraction of sp³-hybridized carbons (Fsp3) is 0.273. The molecule has 6 heteroatoms. The maximum atomic E-state index is 12.8. The number of fused-ring (bicyclic) bond motifs is 4. The number of aliphatic hydroxyl groups is 1. The van der Waals surface area contributed by atoms with Gasteiger partial charge in [0.2, 0.25) is 0 Å². The highest BCUT2D eigenvalue weighted by molar-refractivity contribution is 5.79. The summed E-state index contributed by atoms with van der Waals surface area (Å²) in [5, 5.41) is 14.1. The largest absolute Gasteiger partial charge is 0.448 e. The van der Waals surface area contributed by atoms with Crippen molar-refractivity contribution in [1.82, 2.24) is 14.7 Å². The molecule has 1 N–H and O–H groups in total. The van der Waals surface area contributed by atoms with Gasteiger partial charge in [0, 0.05) is 18.7 Å². The molecule has 0 saturated heterocycles. The van der Waals surface area contributed by atoms with Crippen molar-refractivity contribution in [2.45, 2.75) is 18.5 Å². The van der Waals surface area contributed by atoms with Crippen molar-refractivity contribution in [3.8, 4) is 11.1 Å². The van der Waals surface area contributed by atoms with Gasteiger partial charge in [-0.15, -0.1) is 0 Å². The molecule has 0 saturated carbocycles. The van der Waals surface area contributed by atoms with Crippen LogP contribution in [-0.4, -0.2) is 45.6 Å². The number of carbonyl (C=O) groups excluding carboxylic acids is 1. The topological polar surface area (TPSA) is 67.6 Å². The van der Waals surface area contributed by atoms with E-state index in [0.29, 0.717) is 13.1 Å². The Morgan fingerprint density at radius 2 is 1.71 bits per heavy atom. The van der Waals surface area contributed by atoms with Crippen molar-refractivity contribution in [1.29, 1.82) is 0 Å². The Kier molecular flexibility index (Phi) is 4.13. The molecule has 1 unspecified atom stereocenters. The zero-order valence-corrected chi connectivity index (χ0v) is 15.4.